The average molecular weight is 679 g/mol. The molecular formula is C21H31F16N2O4+. The molecule has 0 fully saturated rings. The molecule has 22 heteroatoms. The molecule has 0 aliphatic heterocycles. The van der Waals surface area contributed by atoms with Gasteiger partial charge in [0.15, 0.2) is 0 Å². The van der Waals surface area contributed by atoms with Crippen molar-refractivity contribution in [3.8, 4) is 0 Å². The third kappa shape index (κ3) is 10.6. The largest absolute Gasteiger partial charge is 0.389 e. The van der Waals surface area contributed by atoms with E-state index in [2.05, 4.69) is 9.47 Å². The summed E-state index contributed by atoms with van der Waals surface area (Å²) in [6.07, 6.45) is -13.6. The Morgan fingerprint density at radius 3 is 1.35 bits per heavy atom. The van der Waals surface area contributed by atoms with E-state index in [9.17, 15) is 80.5 Å². The van der Waals surface area contributed by atoms with E-state index < -0.39 is 93.6 Å². The van der Waals surface area contributed by atoms with Crippen LogP contribution in [0.2, 0.25) is 0 Å². The van der Waals surface area contributed by atoms with E-state index in [-0.39, 0.29) is 24.1 Å². The summed E-state index contributed by atoms with van der Waals surface area (Å²) in [5.74, 6) is -37.2. The molecule has 0 spiro atoms. The molecular weight excluding hydrogens is 648 g/mol. The van der Waals surface area contributed by atoms with Crippen LogP contribution in [0.4, 0.5) is 70.2 Å². The van der Waals surface area contributed by atoms with Gasteiger partial charge in [-0.05, 0) is 7.05 Å². The molecule has 260 valence electrons. The van der Waals surface area contributed by atoms with Crippen molar-refractivity contribution in [2.24, 2.45) is 0 Å². The first kappa shape index (κ1) is 41.6. The molecule has 2 atom stereocenters. The lowest BCUT2D eigenvalue weighted by Crippen LogP contribution is -2.59. The lowest BCUT2D eigenvalue weighted by Gasteiger charge is -2.34. The first-order chi connectivity index (χ1) is 19.0. The van der Waals surface area contributed by atoms with Gasteiger partial charge in [-0.15, -0.1) is 0 Å². The Kier molecular flexibility index (Phi) is 14.4. The first-order valence-electron chi connectivity index (χ1n) is 11.8. The second-order valence-electron chi connectivity index (χ2n) is 10.3. The number of likely N-dealkylation sites (N-methyl/N-ethyl adjacent to an activating group) is 2. The Labute approximate surface area is 234 Å². The molecule has 0 saturated carbocycles. The third-order valence-corrected chi connectivity index (χ3v) is 5.81. The minimum absolute atomic E-state index is 0.000513. The Hall–Kier alpha value is -1.36. The normalized spacial score (nSPS) is 16.5. The standard InChI is InChI=1S/C21H31F16N2O4/c1-38(6-12(40)8-42-10-16(26,27)20(34,35)18(30,31)14(22)23)4-5-39(2,3)7-13(41)9-43-11-17(28,29)21(36,37)19(32,33)15(24)25/h12-15,40-41H,4-11H2,1-3H3/q+1. The number of ether oxygens (including phenoxy) is 2. The van der Waals surface area contributed by atoms with Gasteiger partial charge in [0.2, 0.25) is 0 Å². The topological polar surface area (TPSA) is 62.2 Å². The maximum absolute atomic E-state index is 13.5. The molecule has 43 heavy (non-hydrogen) atoms. The molecule has 2 N–H and O–H groups in total. The van der Waals surface area contributed by atoms with Gasteiger partial charge in [-0.25, -0.2) is 17.6 Å². The first-order valence-corrected chi connectivity index (χ1v) is 11.8. The highest BCUT2D eigenvalue weighted by Crippen LogP contribution is 2.49. The van der Waals surface area contributed by atoms with Crippen LogP contribution in [0, 0.1) is 0 Å². The number of quaternary nitrogens is 1. The van der Waals surface area contributed by atoms with Gasteiger partial charge in [0.05, 0.1) is 40.0 Å². The van der Waals surface area contributed by atoms with Crippen LogP contribution in [0.15, 0.2) is 0 Å². The Bertz CT molecular complexity index is 848. The van der Waals surface area contributed by atoms with Gasteiger partial charge < -0.3 is 24.2 Å². The van der Waals surface area contributed by atoms with Crippen molar-refractivity contribution < 1.29 is 94.4 Å². The van der Waals surface area contributed by atoms with E-state index in [4.69, 9.17) is 0 Å². The highest BCUT2D eigenvalue weighted by Gasteiger charge is 2.76. The van der Waals surface area contributed by atoms with Crippen molar-refractivity contribution in [2.75, 3.05) is 73.7 Å². The van der Waals surface area contributed by atoms with Gasteiger partial charge in [0.25, 0.3) is 0 Å². The number of nitrogens with zero attached hydrogens (tertiary/aromatic N) is 2. The lowest BCUT2D eigenvalue weighted by atomic mass is 10.1. The maximum atomic E-state index is 13.5. The molecule has 0 aliphatic rings. The van der Waals surface area contributed by atoms with Crippen molar-refractivity contribution in [2.45, 2.75) is 60.6 Å². The second-order valence-corrected chi connectivity index (χ2v) is 10.3. The van der Waals surface area contributed by atoms with Crippen LogP contribution in [-0.2, 0) is 9.47 Å². The maximum Gasteiger partial charge on any atom is 0.380 e. The van der Waals surface area contributed by atoms with Crippen LogP contribution in [0.25, 0.3) is 0 Å². The van der Waals surface area contributed by atoms with Crippen LogP contribution in [0.5, 0.6) is 0 Å². The summed E-state index contributed by atoms with van der Waals surface area (Å²) >= 11 is 0. The summed E-state index contributed by atoms with van der Waals surface area (Å²) in [7, 11) is 4.19. The van der Waals surface area contributed by atoms with E-state index >= 15 is 0 Å². The van der Waals surface area contributed by atoms with E-state index in [0.29, 0.717) is 0 Å². The minimum Gasteiger partial charge on any atom is -0.389 e. The van der Waals surface area contributed by atoms with E-state index in [0.717, 1.165) is 0 Å². The molecule has 0 amide bonds. The number of halogens is 16. The molecule has 0 radical (unpaired) electrons. The lowest BCUT2D eigenvalue weighted by molar-refractivity contribution is -0.892. The zero-order chi connectivity index (χ0) is 34.5. The summed E-state index contributed by atoms with van der Waals surface area (Å²) in [6.45, 7) is -7.81. The van der Waals surface area contributed by atoms with Gasteiger partial charge in [0.1, 0.15) is 25.9 Å². The number of alkyl halides is 16. The summed E-state index contributed by atoms with van der Waals surface area (Å²) < 4.78 is 215. The van der Waals surface area contributed by atoms with Crippen molar-refractivity contribution in [3.05, 3.63) is 0 Å². The number of hydrogen-bond acceptors (Lipinski definition) is 5. The fraction of sp³-hybridized carbons (Fsp3) is 1.00. The molecule has 0 heterocycles. The number of rotatable bonds is 21. The highest BCUT2D eigenvalue weighted by molar-refractivity contribution is 4.98. The van der Waals surface area contributed by atoms with Crippen LogP contribution in [-0.4, -0.2) is 154 Å². The van der Waals surface area contributed by atoms with Gasteiger partial charge in [-0.2, -0.15) is 52.7 Å². The van der Waals surface area contributed by atoms with Gasteiger partial charge in [-0.3, -0.25) is 4.90 Å². The number of aliphatic hydroxyl groups is 2. The van der Waals surface area contributed by atoms with Crippen LogP contribution < -0.4 is 0 Å². The van der Waals surface area contributed by atoms with Crippen molar-refractivity contribution in [1.82, 2.24) is 4.90 Å². The molecule has 0 saturated heterocycles. The van der Waals surface area contributed by atoms with Crippen molar-refractivity contribution in [1.29, 1.82) is 0 Å². The predicted molar refractivity (Wildman–Crippen MR) is 115 cm³/mol. The molecule has 0 bridgehead atoms. The van der Waals surface area contributed by atoms with Crippen LogP contribution in [0.1, 0.15) is 0 Å². The number of aliphatic hydroxyl groups excluding tert-OH is 2. The molecule has 0 aliphatic carbocycles. The minimum atomic E-state index is -6.48. The van der Waals surface area contributed by atoms with Gasteiger partial charge in [0, 0.05) is 13.1 Å². The van der Waals surface area contributed by atoms with Crippen LogP contribution in [0.3, 0.4) is 0 Å². The Morgan fingerprint density at radius 1 is 0.651 bits per heavy atom. The molecule has 2 unspecified atom stereocenters. The molecule has 0 rings (SSSR count). The quantitative estimate of drug-likeness (QED) is 0.142. The van der Waals surface area contributed by atoms with Crippen LogP contribution >= 0.6 is 0 Å². The van der Waals surface area contributed by atoms with Gasteiger partial charge in [-0.1, -0.05) is 0 Å². The summed E-state index contributed by atoms with van der Waals surface area (Å²) in [5.41, 5.74) is 0. The fourth-order valence-electron chi connectivity index (χ4n) is 3.25. The summed E-state index contributed by atoms with van der Waals surface area (Å²) in [5, 5.41) is 19.7. The monoisotopic (exact) mass is 679 g/mol. The highest BCUT2D eigenvalue weighted by atomic mass is 19.4. The average Bonchev–Trinajstić information content (AvgIpc) is 2.81. The second kappa shape index (κ2) is 14.8. The van der Waals surface area contributed by atoms with E-state index in [1.807, 2.05) is 0 Å². The zero-order valence-corrected chi connectivity index (χ0v) is 22.6. The Balaban J connectivity index is 4.72. The molecule has 0 aromatic rings. The summed E-state index contributed by atoms with van der Waals surface area (Å²) in [6, 6.07) is 0. The molecule has 0 aromatic carbocycles. The predicted octanol–water partition coefficient (Wildman–Crippen LogP) is 4.09. The Morgan fingerprint density at radius 2 is 1.00 bits per heavy atom. The van der Waals surface area contributed by atoms with Crippen molar-refractivity contribution in [3.63, 3.8) is 0 Å². The van der Waals surface area contributed by atoms with E-state index in [1.165, 1.54) is 26.0 Å². The zero-order valence-electron chi connectivity index (χ0n) is 22.6. The smallest absolute Gasteiger partial charge is 0.380 e. The third-order valence-electron chi connectivity index (χ3n) is 5.81. The fourth-order valence-corrected chi connectivity index (χ4v) is 3.25. The number of hydrogen-bond donors (Lipinski definition) is 2. The SMILES string of the molecule is CN(CC[N+](C)(C)CC(O)COCC(F)(F)C(F)(F)C(F)(F)C(F)F)CC(O)COCC(F)(F)C(F)(F)C(F)(F)C(F)F. The van der Waals surface area contributed by atoms with Gasteiger partial charge >= 0.3 is 48.4 Å². The molecule has 6 nitrogen and oxygen atoms in total. The summed E-state index contributed by atoms with van der Waals surface area (Å²) in [4.78, 5) is 1.29. The van der Waals surface area contributed by atoms with Crippen molar-refractivity contribution >= 4 is 0 Å². The molecule has 0 aromatic heterocycles. The van der Waals surface area contributed by atoms with E-state index in [1.54, 1.807) is 0 Å².